The number of hydrogen-bond acceptors (Lipinski definition) is 3. The van der Waals surface area contributed by atoms with E-state index in [2.05, 4.69) is 5.32 Å². The topological polar surface area (TPSA) is 65.7 Å². The van der Waals surface area contributed by atoms with Gasteiger partial charge in [-0.3, -0.25) is 0 Å². The Morgan fingerprint density at radius 3 is 2.95 bits per heavy atom. The van der Waals surface area contributed by atoms with E-state index >= 15 is 0 Å². The molecule has 2 N–H and O–H groups in total. The summed E-state index contributed by atoms with van der Waals surface area (Å²) in [6, 6.07) is 3.54. The third kappa shape index (κ3) is 3.76. The molecule has 2 amide bonds. The molecule has 20 heavy (non-hydrogen) atoms. The summed E-state index contributed by atoms with van der Waals surface area (Å²) < 4.78 is 5.21. The summed E-state index contributed by atoms with van der Waals surface area (Å²) in [6.45, 7) is 6.65. The molecule has 0 aliphatic carbocycles. The quantitative estimate of drug-likeness (QED) is 0.894. The van der Waals surface area contributed by atoms with Crippen molar-refractivity contribution in [3.63, 3.8) is 0 Å². The van der Waals surface area contributed by atoms with Crippen molar-refractivity contribution in [1.29, 1.82) is 0 Å². The first-order valence-corrected chi connectivity index (χ1v) is 7.17. The minimum absolute atomic E-state index is 0.0494. The average Bonchev–Trinajstić information content (AvgIpc) is 2.96. The van der Waals surface area contributed by atoms with Crippen molar-refractivity contribution < 1.29 is 14.3 Å². The lowest BCUT2D eigenvalue weighted by atomic mass is 10.1. The van der Waals surface area contributed by atoms with E-state index in [4.69, 9.17) is 4.42 Å². The Labute approximate surface area is 119 Å². The molecule has 1 saturated heterocycles. The molecule has 2 rings (SSSR count). The van der Waals surface area contributed by atoms with Gasteiger partial charge < -0.3 is 19.7 Å². The molecule has 2 heterocycles. The first-order chi connectivity index (χ1) is 9.37. The summed E-state index contributed by atoms with van der Waals surface area (Å²) in [5.74, 6) is 0.563. The van der Waals surface area contributed by atoms with E-state index in [1.165, 1.54) is 0 Å². The van der Waals surface area contributed by atoms with Crippen molar-refractivity contribution in [3.05, 3.63) is 24.2 Å². The van der Waals surface area contributed by atoms with E-state index in [9.17, 15) is 9.90 Å². The second-order valence-electron chi connectivity index (χ2n) is 6.44. The van der Waals surface area contributed by atoms with Gasteiger partial charge in [0.2, 0.25) is 0 Å². The van der Waals surface area contributed by atoms with Gasteiger partial charge in [-0.1, -0.05) is 0 Å². The van der Waals surface area contributed by atoms with Crippen LogP contribution in [-0.2, 0) is 0 Å². The smallest absolute Gasteiger partial charge is 0.318 e. The fourth-order valence-electron chi connectivity index (χ4n) is 2.60. The molecule has 1 aliphatic heterocycles. The standard InChI is InChI=1S/C15H24N2O3/c1-15(2,3)16-14(19)17-8-4-6-11(17)10-12(18)13-7-5-9-20-13/h5,7,9,11-12,18H,4,6,8,10H2,1-3H3,(H,16,19). The molecule has 1 aromatic rings. The SMILES string of the molecule is CC(C)(C)NC(=O)N1CCCC1CC(O)c1ccco1. The third-order valence-corrected chi connectivity index (χ3v) is 3.49. The Bertz CT molecular complexity index is 436. The maximum absolute atomic E-state index is 12.2. The maximum atomic E-state index is 12.2. The molecule has 112 valence electrons. The molecule has 0 spiro atoms. The number of likely N-dealkylation sites (tertiary alicyclic amines) is 1. The van der Waals surface area contributed by atoms with E-state index in [1.54, 1.807) is 18.4 Å². The lowest BCUT2D eigenvalue weighted by Gasteiger charge is -2.30. The van der Waals surface area contributed by atoms with E-state index < -0.39 is 6.10 Å². The molecular formula is C15H24N2O3. The Morgan fingerprint density at radius 1 is 1.60 bits per heavy atom. The monoisotopic (exact) mass is 280 g/mol. The molecule has 0 saturated carbocycles. The highest BCUT2D eigenvalue weighted by molar-refractivity contribution is 5.75. The van der Waals surface area contributed by atoms with Crippen molar-refractivity contribution in [1.82, 2.24) is 10.2 Å². The summed E-state index contributed by atoms with van der Waals surface area (Å²) >= 11 is 0. The molecule has 5 heteroatoms. The molecule has 1 fully saturated rings. The second kappa shape index (κ2) is 5.87. The third-order valence-electron chi connectivity index (χ3n) is 3.49. The van der Waals surface area contributed by atoms with Crippen LogP contribution in [0.2, 0.25) is 0 Å². The number of nitrogens with zero attached hydrogens (tertiary/aromatic N) is 1. The number of aliphatic hydroxyl groups is 1. The van der Waals surface area contributed by atoms with Crippen LogP contribution in [0.5, 0.6) is 0 Å². The van der Waals surface area contributed by atoms with Gasteiger partial charge in [0.1, 0.15) is 11.9 Å². The second-order valence-corrected chi connectivity index (χ2v) is 6.44. The van der Waals surface area contributed by atoms with Crippen LogP contribution in [0.3, 0.4) is 0 Å². The molecule has 0 aromatic carbocycles. The fraction of sp³-hybridized carbons (Fsp3) is 0.667. The predicted molar refractivity (Wildman–Crippen MR) is 76.3 cm³/mol. The molecule has 0 bridgehead atoms. The van der Waals surface area contributed by atoms with Crippen molar-refractivity contribution >= 4 is 6.03 Å². The zero-order valence-electron chi connectivity index (χ0n) is 12.4. The highest BCUT2D eigenvalue weighted by Gasteiger charge is 2.32. The number of amides is 2. The van der Waals surface area contributed by atoms with Gasteiger partial charge in [-0.15, -0.1) is 0 Å². The van der Waals surface area contributed by atoms with Crippen LogP contribution in [0, 0.1) is 0 Å². The Kier molecular flexibility index (Phi) is 4.38. The summed E-state index contributed by atoms with van der Waals surface area (Å²) in [5, 5.41) is 13.1. The average molecular weight is 280 g/mol. The van der Waals surface area contributed by atoms with Crippen molar-refractivity contribution in [2.45, 2.75) is 57.7 Å². The number of carbonyl (C=O) groups is 1. The van der Waals surface area contributed by atoms with Gasteiger partial charge in [-0.05, 0) is 45.7 Å². The predicted octanol–water partition coefficient (Wildman–Crippen LogP) is 2.68. The van der Waals surface area contributed by atoms with Crippen LogP contribution in [-0.4, -0.2) is 34.2 Å². The largest absolute Gasteiger partial charge is 0.467 e. The lowest BCUT2D eigenvalue weighted by molar-refractivity contribution is 0.106. The van der Waals surface area contributed by atoms with Gasteiger partial charge in [-0.2, -0.15) is 0 Å². The van der Waals surface area contributed by atoms with Gasteiger partial charge in [0, 0.05) is 24.5 Å². The van der Waals surface area contributed by atoms with Crippen LogP contribution in [0.4, 0.5) is 4.79 Å². The van der Waals surface area contributed by atoms with Gasteiger partial charge >= 0.3 is 6.03 Å². The molecule has 1 aromatic heterocycles. The van der Waals surface area contributed by atoms with E-state index in [0.29, 0.717) is 12.2 Å². The highest BCUT2D eigenvalue weighted by Crippen LogP contribution is 2.27. The van der Waals surface area contributed by atoms with Gasteiger partial charge in [0.15, 0.2) is 0 Å². The molecule has 2 unspecified atom stereocenters. The van der Waals surface area contributed by atoms with Crippen molar-refractivity contribution in [3.8, 4) is 0 Å². The number of nitrogens with one attached hydrogen (secondary N) is 1. The zero-order chi connectivity index (χ0) is 14.8. The molecular weight excluding hydrogens is 256 g/mol. The van der Waals surface area contributed by atoms with E-state index in [-0.39, 0.29) is 17.6 Å². The van der Waals surface area contributed by atoms with Crippen LogP contribution in [0.1, 0.15) is 51.9 Å². The number of carbonyl (C=O) groups excluding carboxylic acids is 1. The van der Waals surface area contributed by atoms with Crippen LogP contribution in [0.25, 0.3) is 0 Å². The number of hydrogen-bond donors (Lipinski definition) is 2. The van der Waals surface area contributed by atoms with Gasteiger partial charge in [0.25, 0.3) is 0 Å². The van der Waals surface area contributed by atoms with E-state index in [1.807, 2.05) is 25.7 Å². The summed E-state index contributed by atoms with van der Waals surface area (Å²) in [7, 11) is 0. The number of rotatable bonds is 3. The zero-order valence-corrected chi connectivity index (χ0v) is 12.4. The van der Waals surface area contributed by atoms with Crippen molar-refractivity contribution in [2.24, 2.45) is 0 Å². The molecule has 1 aliphatic rings. The molecule has 0 radical (unpaired) electrons. The molecule has 2 atom stereocenters. The summed E-state index contributed by atoms with van der Waals surface area (Å²) in [5.41, 5.74) is -0.246. The first kappa shape index (κ1) is 14.9. The Hall–Kier alpha value is -1.49. The minimum Gasteiger partial charge on any atom is -0.467 e. The normalized spacial score (nSPS) is 21.0. The van der Waals surface area contributed by atoms with Gasteiger partial charge in [0.05, 0.1) is 6.26 Å². The maximum Gasteiger partial charge on any atom is 0.318 e. The van der Waals surface area contributed by atoms with Crippen molar-refractivity contribution in [2.75, 3.05) is 6.54 Å². The summed E-state index contributed by atoms with van der Waals surface area (Å²) in [6.07, 6.45) is 3.32. The number of urea groups is 1. The number of furan rings is 1. The van der Waals surface area contributed by atoms with Crippen LogP contribution in [0.15, 0.2) is 22.8 Å². The highest BCUT2D eigenvalue weighted by atomic mass is 16.4. The van der Waals surface area contributed by atoms with Crippen LogP contribution < -0.4 is 5.32 Å². The summed E-state index contributed by atoms with van der Waals surface area (Å²) in [4.78, 5) is 14.1. The number of aliphatic hydroxyl groups excluding tert-OH is 1. The first-order valence-electron chi connectivity index (χ1n) is 7.17. The fourth-order valence-corrected chi connectivity index (χ4v) is 2.60. The lowest BCUT2D eigenvalue weighted by Crippen LogP contribution is -2.50. The van der Waals surface area contributed by atoms with Crippen LogP contribution >= 0.6 is 0 Å². The Balaban J connectivity index is 1.95. The minimum atomic E-state index is -0.655. The van der Waals surface area contributed by atoms with E-state index in [0.717, 1.165) is 19.4 Å². The molecule has 5 nitrogen and oxygen atoms in total. The Morgan fingerprint density at radius 2 is 2.35 bits per heavy atom. The van der Waals surface area contributed by atoms with Gasteiger partial charge in [-0.25, -0.2) is 4.79 Å².